The molecule has 3 N–H and O–H groups in total. The number of carbonyl (C=O) groups is 3. The third kappa shape index (κ3) is 6.79. The van der Waals surface area contributed by atoms with Gasteiger partial charge in [0.05, 0.1) is 7.05 Å². The second kappa shape index (κ2) is 9.86. The van der Waals surface area contributed by atoms with Gasteiger partial charge in [-0.25, -0.2) is 4.39 Å². The Hall–Kier alpha value is -2.48. The summed E-state index contributed by atoms with van der Waals surface area (Å²) in [5.74, 6) is -0.662. The molecule has 2 rings (SSSR count). The molecule has 1 aromatic carbocycles. The summed E-state index contributed by atoms with van der Waals surface area (Å²) in [6.45, 7) is 2.24. The van der Waals surface area contributed by atoms with E-state index in [4.69, 9.17) is 0 Å². The zero-order chi connectivity index (χ0) is 18.9. The van der Waals surface area contributed by atoms with Crippen molar-refractivity contribution in [3.8, 4) is 0 Å². The summed E-state index contributed by atoms with van der Waals surface area (Å²) < 4.78 is 13.1. The fourth-order valence-corrected chi connectivity index (χ4v) is 2.88. The first-order valence-corrected chi connectivity index (χ1v) is 8.85. The Morgan fingerprint density at radius 3 is 2.73 bits per heavy atom. The Kier molecular flexibility index (Phi) is 7.53. The van der Waals surface area contributed by atoms with Crippen LogP contribution in [0.1, 0.15) is 19.3 Å². The number of rotatable bonds is 9. The molecule has 1 saturated heterocycles. The van der Waals surface area contributed by atoms with Crippen LogP contribution >= 0.6 is 0 Å². The maximum Gasteiger partial charge on any atom is 0.279 e. The molecule has 0 aromatic heterocycles. The molecular formula is C18H26FN4O3+. The Balaban J connectivity index is 1.60. The fraction of sp³-hybridized carbons (Fsp3) is 0.500. The molecule has 26 heavy (non-hydrogen) atoms. The molecule has 1 aromatic rings. The number of amides is 3. The molecule has 1 aliphatic rings. The summed E-state index contributed by atoms with van der Waals surface area (Å²) in [6.07, 6.45) is 2.26. The lowest BCUT2D eigenvalue weighted by atomic mass is 10.3. The lowest BCUT2D eigenvalue weighted by Crippen LogP contribution is -3.11. The van der Waals surface area contributed by atoms with E-state index in [2.05, 4.69) is 10.6 Å². The molecule has 0 saturated carbocycles. The number of anilines is 1. The minimum Gasteiger partial charge on any atom is -0.351 e. The van der Waals surface area contributed by atoms with Crippen LogP contribution in [0.15, 0.2) is 24.3 Å². The van der Waals surface area contributed by atoms with Gasteiger partial charge in [0, 0.05) is 31.7 Å². The quantitative estimate of drug-likeness (QED) is 0.512. The van der Waals surface area contributed by atoms with Gasteiger partial charge in [-0.3, -0.25) is 14.4 Å². The Morgan fingerprint density at radius 1 is 1.27 bits per heavy atom. The standard InChI is InChI=1S/C18H25FN4O3/c1-22(13-17(25)21-15-6-2-5-14(19)11-15)12-16(24)20-8-4-10-23-9-3-7-18(23)26/h2,5-6,11H,3-4,7-10,12-13H2,1H3,(H,20,24)(H,21,25)/p+1. The molecule has 8 heteroatoms. The zero-order valence-electron chi connectivity index (χ0n) is 15.0. The van der Waals surface area contributed by atoms with Crippen LogP contribution < -0.4 is 15.5 Å². The lowest BCUT2D eigenvalue weighted by Gasteiger charge is -2.16. The largest absolute Gasteiger partial charge is 0.351 e. The van der Waals surface area contributed by atoms with Gasteiger partial charge < -0.3 is 20.4 Å². The molecular weight excluding hydrogens is 339 g/mol. The van der Waals surface area contributed by atoms with Gasteiger partial charge >= 0.3 is 0 Å². The van der Waals surface area contributed by atoms with E-state index in [-0.39, 0.29) is 30.8 Å². The average molecular weight is 365 g/mol. The smallest absolute Gasteiger partial charge is 0.279 e. The van der Waals surface area contributed by atoms with Crippen LogP contribution in [0.2, 0.25) is 0 Å². The van der Waals surface area contributed by atoms with E-state index in [0.717, 1.165) is 24.3 Å². The third-order valence-corrected chi connectivity index (χ3v) is 4.13. The highest BCUT2D eigenvalue weighted by Gasteiger charge is 2.19. The van der Waals surface area contributed by atoms with Crippen LogP contribution in [-0.4, -0.2) is 62.4 Å². The van der Waals surface area contributed by atoms with Crippen LogP contribution in [0.3, 0.4) is 0 Å². The second-order valence-electron chi connectivity index (χ2n) is 6.56. The van der Waals surface area contributed by atoms with E-state index >= 15 is 0 Å². The number of nitrogens with zero attached hydrogens (tertiary/aromatic N) is 1. The first-order chi connectivity index (χ1) is 12.4. The molecule has 1 heterocycles. The van der Waals surface area contributed by atoms with Crippen molar-refractivity contribution in [2.45, 2.75) is 19.3 Å². The van der Waals surface area contributed by atoms with Gasteiger partial charge in [0.25, 0.3) is 11.8 Å². The van der Waals surface area contributed by atoms with Gasteiger partial charge in [-0.15, -0.1) is 0 Å². The van der Waals surface area contributed by atoms with Crippen molar-refractivity contribution in [2.24, 2.45) is 0 Å². The van der Waals surface area contributed by atoms with E-state index in [9.17, 15) is 18.8 Å². The third-order valence-electron chi connectivity index (χ3n) is 4.13. The van der Waals surface area contributed by atoms with Gasteiger partial charge in [0.2, 0.25) is 5.91 Å². The van der Waals surface area contributed by atoms with Gasteiger partial charge in [0.1, 0.15) is 5.82 Å². The number of hydrogen-bond acceptors (Lipinski definition) is 3. The van der Waals surface area contributed by atoms with Crippen LogP contribution in [0.5, 0.6) is 0 Å². The predicted molar refractivity (Wildman–Crippen MR) is 95.1 cm³/mol. The lowest BCUT2D eigenvalue weighted by molar-refractivity contribution is -0.862. The minimum absolute atomic E-state index is 0.103. The number of halogens is 1. The average Bonchev–Trinajstić information content (AvgIpc) is 2.96. The van der Waals surface area contributed by atoms with Crippen molar-refractivity contribution < 1.29 is 23.7 Å². The van der Waals surface area contributed by atoms with Gasteiger partial charge in [-0.1, -0.05) is 6.07 Å². The summed E-state index contributed by atoms with van der Waals surface area (Å²) in [5, 5.41) is 5.41. The molecule has 0 bridgehead atoms. The highest BCUT2D eigenvalue weighted by Crippen LogP contribution is 2.09. The molecule has 7 nitrogen and oxygen atoms in total. The number of carbonyl (C=O) groups excluding carboxylic acids is 3. The van der Waals surface area contributed by atoms with Crippen molar-refractivity contribution in [3.05, 3.63) is 30.1 Å². The van der Waals surface area contributed by atoms with E-state index in [1.807, 2.05) is 4.90 Å². The molecule has 0 spiro atoms. The van der Waals surface area contributed by atoms with Crippen molar-refractivity contribution >= 4 is 23.4 Å². The predicted octanol–water partition coefficient (Wildman–Crippen LogP) is -0.592. The molecule has 0 radical (unpaired) electrons. The monoisotopic (exact) mass is 365 g/mol. The summed E-state index contributed by atoms with van der Waals surface area (Å²) in [5.41, 5.74) is 0.392. The van der Waals surface area contributed by atoms with Gasteiger partial charge in [-0.2, -0.15) is 0 Å². The van der Waals surface area contributed by atoms with Crippen molar-refractivity contribution in [1.29, 1.82) is 0 Å². The van der Waals surface area contributed by atoms with Gasteiger partial charge in [0.15, 0.2) is 13.1 Å². The zero-order valence-corrected chi connectivity index (χ0v) is 15.0. The number of hydrogen-bond donors (Lipinski definition) is 3. The first-order valence-electron chi connectivity index (χ1n) is 8.85. The van der Waals surface area contributed by atoms with Crippen molar-refractivity contribution in [1.82, 2.24) is 10.2 Å². The molecule has 142 valence electrons. The number of benzene rings is 1. The van der Waals surface area contributed by atoms with Crippen LogP contribution in [-0.2, 0) is 14.4 Å². The first kappa shape index (κ1) is 19.8. The Labute approximate surface area is 152 Å². The molecule has 1 atom stereocenters. The van der Waals surface area contributed by atoms with Gasteiger partial charge in [-0.05, 0) is 31.0 Å². The fourth-order valence-electron chi connectivity index (χ4n) is 2.88. The highest BCUT2D eigenvalue weighted by molar-refractivity contribution is 5.91. The molecule has 1 aliphatic heterocycles. The summed E-state index contributed by atoms with van der Waals surface area (Å²) in [7, 11) is 1.74. The molecule has 1 unspecified atom stereocenters. The topological polar surface area (TPSA) is 83.0 Å². The second-order valence-corrected chi connectivity index (χ2v) is 6.56. The van der Waals surface area contributed by atoms with Crippen LogP contribution in [0, 0.1) is 5.82 Å². The molecule has 1 fully saturated rings. The summed E-state index contributed by atoms with van der Waals surface area (Å²) >= 11 is 0. The Morgan fingerprint density at radius 2 is 2.04 bits per heavy atom. The number of nitrogens with one attached hydrogen (secondary N) is 3. The van der Waals surface area contributed by atoms with Crippen LogP contribution in [0.4, 0.5) is 10.1 Å². The number of likely N-dealkylation sites (N-methyl/N-ethyl adjacent to an activating group) is 1. The Bertz CT molecular complexity index is 653. The van der Waals surface area contributed by atoms with Crippen molar-refractivity contribution in [3.63, 3.8) is 0 Å². The SMILES string of the molecule is C[NH+](CC(=O)NCCCN1CCCC1=O)CC(=O)Nc1cccc(F)c1. The maximum absolute atomic E-state index is 13.1. The van der Waals surface area contributed by atoms with E-state index in [1.54, 1.807) is 13.1 Å². The maximum atomic E-state index is 13.1. The summed E-state index contributed by atoms with van der Waals surface area (Å²) in [6, 6.07) is 5.67. The van der Waals surface area contributed by atoms with E-state index < -0.39 is 5.82 Å². The van der Waals surface area contributed by atoms with E-state index in [1.165, 1.54) is 18.2 Å². The summed E-state index contributed by atoms with van der Waals surface area (Å²) in [4.78, 5) is 37.9. The highest BCUT2D eigenvalue weighted by atomic mass is 19.1. The molecule has 0 aliphatic carbocycles. The number of likely N-dealkylation sites (tertiary alicyclic amines) is 1. The van der Waals surface area contributed by atoms with E-state index in [0.29, 0.717) is 25.2 Å². The number of quaternary nitrogens is 1. The minimum atomic E-state index is -0.418. The van der Waals surface area contributed by atoms with Crippen LogP contribution in [0.25, 0.3) is 0 Å². The normalized spacial score (nSPS) is 15.0. The molecule has 3 amide bonds. The van der Waals surface area contributed by atoms with Crippen molar-refractivity contribution in [2.75, 3.05) is 45.1 Å².